The summed E-state index contributed by atoms with van der Waals surface area (Å²) < 4.78 is 47.1. The van der Waals surface area contributed by atoms with E-state index in [1.165, 1.54) is 0 Å². The fraction of sp³-hybridized carbons (Fsp3) is 0.545. The van der Waals surface area contributed by atoms with Gasteiger partial charge in [0.25, 0.3) is 0 Å². The number of anilines is 1. The van der Waals surface area contributed by atoms with Crippen molar-refractivity contribution < 1.29 is 22.7 Å². The number of hydrogen-bond donors (Lipinski definition) is 1. The first-order chi connectivity index (χ1) is 14.7. The number of methoxy groups -OCH3 is 1. The number of ether oxygens (including phenoxy) is 1. The molecule has 1 amide bonds. The zero-order chi connectivity index (χ0) is 22.2. The fourth-order valence-electron chi connectivity index (χ4n) is 4.61. The van der Waals surface area contributed by atoms with Crippen molar-refractivity contribution >= 4 is 11.7 Å². The first kappa shape index (κ1) is 21.5. The summed E-state index contributed by atoms with van der Waals surface area (Å²) in [6, 6.07) is 7.17. The van der Waals surface area contributed by atoms with Crippen molar-refractivity contribution in [3.63, 3.8) is 0 Å². The minimum absolute atomic E-state index is 0.0396. The van der Waals surface area contributed by atoms with Crippen LogP contribution < -0.4 is 10.1 Å². The predicted octanol–water partition coefficient (Wildman–Crippen LogP) is 3.97. The molecule has 31 heavy (non-hydrogen) atoms. The Kier molecular flexibility index (Phi) is 5.85. The molecular formula is C22H27F3N4O2. The number of aryl methyl sites for hydroxylation is 1. The number of carbonyl (C=O) groups excluding carboxylic acids is 1. The van der Waals surface area contributed by atoms with Crippen LogP contribution in [-0.4, -0.2) is 53.0 Å². The summed E-state index contributed by atoms with van der Waals surface area (Å²) in [5, 5.41) is 7.31. The normalized spacial score (nSPS) is 22.0. The molecule has 2 aliphatic rings. The average molecular weight is 436 g/mol. The van der Waals surface area contributed by atoms with Crippen molar-refractivity contribution in [1.29, 1.82) is 0 Å². The third-order valence-corrected chi connectivity index (χ3v) is 6.32. The predicted molar refractivity (Wildman–Crippen MR) is 110 cm³/mol. The first-order valence-corrected chi connectivity index (χ1v) is 10.5. The molecule has 6 nitrogen and oxygen atoms in total. The lowest BCUT2D eigenvalue weighted by molar-refractivity contribution is -0.174. The highest BCUT2D eigenvalue weighted by molar-refractivity contribution is 5.78. The van der Waals surface area contributed by atoms with Gasteiger partial charge < -0.3 is 15.0 Å². The summed E-state index contributed by atoms with van der Waals surface area (Å²) in [6.45, 7) is 2.82. The molecule has 0 radical (unpaired) electrons. The van der Waals surface area contributed by atoms with Crippen LogP contribution in [0.2, 0.25) is 0 Å². The number of nitrogens with one attached hydrogen (secondary N) is 1. The third-order valence-electron chi connectivity index (χ3n) is 6.32. The number of aromatic nitrogens is 2. The van der Waals surface area contributed by atoms with Crippen LogP contribution in [-0.2, 0) is 11.2 Å². The number of fused-ring (bicyclic) bond motifs is 1. The van der Waals surface area contributed by atoms with E-state index < -0.39 is 12.2 Å². The molecule has 4 rings (SSSR count). The molecule has 1 saturated heterocycles. The van der Waals surface area contributed by atoms with Crippen molar-refractivity contribution in [2.45, 2.75) is 50.9 Å². The molecule has 168 valence electrons. The standard InChI is InChI=1S/C22H27F3N4O2/c1-14-11-20-26-18(13-19(22(23,24)25)29(20)27-14)16-7-9-28(10-8-16)21(30)12-15-3-5-17(31-2)6-4-15/h3-6,11,16,18-19,26H,7-10,12-13H2,1-2H3/t18-,19+/m0/s1. The number of nitrogens with zero attached hydrogens (tertiary/aromatic N) is 3. The van der Waals surface area contributed by atoms with E-state index in [1.807, 2.05) is 29.2 Å². The summed E-state index contributed by atoms with van der Waals surface area (Å²) in [5.74, 6) is 1.29. The van der Waals surface area contributed by atoms with E-state index in [1.54, 1.807) is 20.1 Å². The Hall–Kier alpha value is -2.71. The highest BCUT2D eigenvalue weighted by Crippen LogP contribution is 2.42. The SMILES string of the molecule is COc1ccc(CC(=O)N2CCC([C@@H]3C[C@H](C(F)(F)F)n4nc(C)cc4N3)CC2)cc1. The van der Waals surface area contributed by atoms with E-state index in [0.29, 0.717) is 43.9 Å². The van der Waals surface area contributed by atoms with Gasteiger partial charge in [0.05, 0.1) is 19.2 Å². The molecule has 1 aromatic carbocycles. The van der Waals surface area contributed by atoms with E-state index in [-0.39, 0.29) is 24.3 Å². The maximum atomic E-state index is 13.6. The van der Waals surface area contributed by atoms with E-state index in [2.05, 4.69) is 10.4 Å². The number of rotatable bonds is 4. The van der Waals surface area contributed by atoms with Gasteiger partial charge in [0.15, 0.2) is 6.04 Å². The highest BCUT2D eigenvalue weighted by atomic mass is 19.4. The van der Waals surface area contributed by atoms with Crippen molar-refractivity contribution in [2.24, 2.45) is 5.92 Å². The van der Waals surface area contributed by atoms with Gasteiger partial charge in [-0.3, -0.25) is 4.79 Å². The molecule has 0 bridgehead atoms. The van der Waals surface area contributed by atoms with Crippen molar-refractivity contribution in [3.05, 3.63) is 41.6 Å². The van der Waals surface area contributed by atoms with Crippen LogP contribution >= 0.6 is 0 Å². The Morgan fingerprint density at radius 2 is 1.90 bits per heavy atom. The summed E-state index contributed by atoms with van der Waals surface area (Å²) in [6.07, 6.45) is -2.71. The molecule has 2 aromatic rings. The van der Waals surface area contributed by atoms with Gasteiger partial charge in [-0.05, 0) is 49.8 Å². The number of halogens is 3. The summed E-state index contributed by atoms with van der Waals surface area (Å²) in [7, 11) is 1.59. The van der Waals surface area contributed by atoms with E-state index >= 15 is 0 Å². The van der Waals surface area contributed by atoms with E-state index in [4.69, 9.17) is 4.74 Å². The monoisotopic (exact) mass is 436 g/mol. The van der Waals surface area contributed by atoms with Crippen molar-refractivity contribution in [3.8, 4) is 5.75 Å². The zero-order valence-corrected chi connectivity index (χ0v) is 17.7. The molecule has 0 spiro atoms. The summed E-state index contributed by atoms with van der Waals surface area (Å²) >= 11 is 0. The molecule has 2 atom stereocenters. The Morgan fingerprint density at radius 1 is 1.23 bits per heavy atom. The molecule has 3 heterocycles. The second-order valence-corrected chi connectivity index (χ2v) is 8.40. The maximum Gasteiger partial charge on any atom is 0.410 e. The lowest BCUT2D eigenvalue weighted by atomic mass is 9.84. The quantitative estimate of drug-likeness (QED) is 0.788. The topological polar surface area (TPSA) is 59.4 Å². The largest absolute Gasteiger partial charge is 0.497 e. The van der Waals surface area contributed by atoms with Gasteiger partial charge >= 0.3 is 6.18 Å². The summed E-state index contributed by atoms with van der Waals surface area (Å²) in [4.78, 5) is 14.5. The molecule has 0 aliphatic carbocycles. The maximum absolute atomic E-state index is 13.6. The van der Waals surface area contributed by atoms with Crippen LogP contribution in [0.4, 0.5) is 19.0 Å². The molecule has 9 heteroatoms. The zero-order valence-electron chi connectivity index (χ0n) is 17.7. The van der Waals surface area contributed by atoms with Gasteiger partial charge in [-0.2, -0.15) is 18.3 Å². The summed E-state index contributed by atoms with van der Waals surface area (Å²) in [5.41, 5.74) is 1.48. The second kappa shape index (κ2) is 8.43. The fourth-order valence-corrected chi connectivity index (χ4v) is 4.61. The molecule has 0 saturated carbocycles. The number of alkyl halides is 3. The smallest absolute Gasteiger partial charge is 0.410 e. The van der Waals surface area contributed by atoms with E-state index in [0.717, 1.165) is 16.0 Å². The molecule has 1 fully saturated rings. The van der Waals surface area contributed by atoms with Crippen LogP contribution in [0.15, 0.2) is 30.3 Å². The Balaban J connectivity index is 1.36. The molecular weight excluding hydrogens is 409 g/mol. The molecule has 1 N–H and O–H groups in total. The number of amides is 1. The second-order valence-electron chi connectivity index (χ2n) is 8.40. The van der Waals surface area contributed by atoms with Gasteiger partial charge in [-0.15, -0.1) is 0 Å². The van der Waals surface area contributed by atoms with Gasteiger partial charge in [0.2, 0.25) is 5.91 Å². The molecule has 0 unspecified atom stereocenters. The van der Waals surface area contributed by atoms with Gasteiger partial charge in [-0.25, -0.2) is 4.68 Å². The average Bonchev–Trinajstić information content (AvgIpc) is 3.12. The molecule has 2 aliphatic heterocycles. The Labute approximate surface area is 179 Å². The first-order valence-electron chi connectivity index (χ1n) is 10.5. The number of hydrogen-bond acceptors (Lipinski definition) is 4. The van der Waals surface area contributed by atoms with Crippen LogP contribution in [0, 0.1) is 12.8 Å². The van der Waals surface area contributed by atoms with Gasteiger partial charge in [0, 0.05) is 25.2 Å². The molecule has 1 aromatic heterocycles. The lowest BCUT2D eigenvalue weighted by Gasteiger charge is -2.41. The Morgan fingerprint density at radius 3 is 2.52 bits per heavy atom. The number of likely N-dealkylation sites (tertiary alicyclic amines) is 1. The van der Waals surface area contributed by atoms with Crippen molar-refractivity contribution in [1.82, 2.24) is 14.7 Å². The number of piperidine rings is 1. The van der Waals surface area contributed by atoms with Gasteiger partial charge in [-0.1, -0.05) is 12.1 Å². The third kappa shape index (κ3) is 4.65. The number of carbonyl (C=O) groups is 1. The van der Waals surface area contributed by atoms with Crippen molar-refractivity contribution in [2.75, 3.05) is 25.5 Å². The minimum Gasteiger partial charge on any atom is -0.497 e. The number of benzene rings is 1. The van der Waals surface area contributed by atoms with E-state index in [9.17, 15) is 18.0 Å². The highest BCUT2D eigenvalue weighted by Gasteiger charge is 2.47. The lowest BCUT2D eigenvalue weighted by Crippen LogP contribution is -2.47. The minimum atomic E-state index is -4.34. The Bertz CT molecular complexity index is 918. The van der Waals surface area contributed by atoms with Crippen LogP contribution in [0.25, 0.3) is 0 Å². The van der Waals surface area contributed by atoms with Crippen LogP contribution in [0.3, 0.4) is 0 Å². The van der Waals surface area contributed by atoms with Crippen LogP contribution in [0.5, 0.6) is 5.75 Å². The van der Waals surface area contributed by atoms with Crippen LogP contribution in [0.1, 0.15) is 36.6 Å². The van der Waals surface area contributed by atoms with Gasteiger partial charge in [0.1, 0.15) is 11.6 Å².